The summed E-state index contributed by atoms with van der Waals surface area (Å²) in [5.74, 6) is -2.56. The van der Waals surface area contributed by atoms with Crippen LogP contribution in [0.4, 0.5) is 8.78 Å². The van der Waals surface area contributed by atoms with E-state index in [9.17, 15) is 13.6 Å². The van der Waals surface area contributed by atoms with E-state index in [4.69, 9.17) is 10.8 Å². The van der Waals surface area contributed by atoms with Crippen LogP contribution in [0.25, 0.3) is 0 Å². The lowest BCUT2D eigenvalue weighted by Crippen LogP contribution is -2.17. The van der Waals surface area contributed by atoms with E-state index >= 15 is 0 Å². The van der Waals surface area contributed by atoms with Crippen molar-refractivity contribution in [3.05, 3.63) is 33.8 Å². The molecule has 1 atom stereocenters. The SMILES string of the molecule is NC(CC(=O)O)c1cc(F)cc(Br)c1F. The molecular formula is C9H8BrF2NO2. The second kappa shape index (κ2) is 4.67. The molecule has 0 spiro atoms. The van der Waals surface area contributed by atoms with Crippen molar-refractivity contribution in [2.75, 3.05) is 0 Å². The zero-order valence-electron chi connectivity index (χ0n) is 7.51. The molecule has 82 valence electrons. The third-order valence-corrected chi connectivity index (χ3v) is 2.39. The Kier molecular flexibility index (Phi) is 3.76. The lowest BCUT2D eigenvalue weighted by atomic mass is 10.0. The van der Waals surface area contributed by atoms with Crippen LogP contribution < -0.4 is 5.73 Å². The van der Waals surface area contributed by atoms with E-state index in [1.807, 2.05) is 0 Å². The van der Waals surface area contributed by atoms with E-state index < -0.39 is 30.1 Å². The Bertz CT molecular complexity index is 398. The Morgan fingerprint density at radius 1 is 1.53 bits per heavy atom. The van der Waals surface area contributed by atoms with Gasteiger partial charge in [-0.15, -0.1) is 0 Å². The molecule has 6 heteroatoms. The number of benzene rings is 1. The summed E-state index contributed by atoms with van der Waals surface area (Å²) < 4.78 is 26.2. The maximum Gasteiger partial charge on any atom is 0.305 e. The molecule has 0 aliphatic heterocycles. The first-order valence-electron chi connectivity index (χ1n) is 4.03. The minimum atomic E-state index is -1.16. The molecule has 0 heterocycles. The van der Waals surface area contributed by atoms with Gasteiger partial charge in [0.15, 0.2) is 0 Å². The Labute approximate surface area is 93.0 Å². The van der Waals surface area contributed by atoms with Gasteiger partial charge in [0.25, 0.3) is 0 Å². The van der Waals surface area contributed by atoms with Crippen LogP contribution in [0, 0.1) is 11.6 Å². The second-order valence-corrected chi connectivity index (χ2v) is 3.85. The molecule has 0 saturated heterocycles. The number of nitrogens with two attached hydrogens (primary N) is 1. The molecule has 0 aliphatic carbocycles. The molecule has 1 unspecified atom stereocenters. The van der Waals surface area contributed by atoms with Crippen LogP contribution in [0.5, 0.6) is 0 Å². The van der Waals surface area contributed by atoms with Gasteiger partial charge in [0.2, 0.25) is 0 Å². The third kappa shape index (κ3) is 2.97. The number of halogens is 3. The van der Waals surface area contributed by atoms with Gasteiger partial charge in [-0.05, 0) is 28.1 Å². The Hall–Kier alpha value is -1.01. The summed E-state index contributed by atoms with van der Waals surface area (Å²) in [6.45, 7) is 0. The summed E-state index contributed by atoms with van der Waals surface area (Å²) in [5.41, 5.74) is 5.28. The van der Waals surface area contributed by atoms with E-state index in [1.165, 1.54) is 0 Å². The van der Waals surface area contributed by atoms with Crippen LogP contribution >= 0.6 is 15.9 Å². The number of carbonyl (C=O) groups is 1. The lowest BCUT2D eigenvalue weighted by molar-refractivity contribution is -0.137. The van der Waals surface area contributed by atoms with Crippen LogP contribution in [0.15, 0.2) is 16.6 Å². The minimum Gasteiger partial charge on any atom is -0.481 e. The van der Waals surface area contributed by atoms with Crippen molar-refractivity contribution in [1.82, 2.24) is 0 Å². The highest BCUT2D eigenvalue weighted by Gasteiger charge is 2.18. The minimum absolute atomic E-state index is 0.0710. The number of carboxylic acids is 1. The van der Waals surface area contributed by atoms with Crippen molar-refractivity contribution in [3.63, 3.8) is 0 Å². The monoisotopic (exact) mass is 279 g/mol. The quantitative estimate of drug-likeness (QED) is 0.834. The molecule has 0 radical (unpaired) electrons. The molecule has 1 rings (SSSR count). The van der Waals surface area contributed by atoms with Gasteiger partial charge in [-0.1, -0.05) is 0 Å². The number of hydrogen-bond donors (Lipinski definition) is 2. The maximum absolute atomic E-state index is 13.4. The highest BCUT2D eigenvalue weighted by Crippen LogP contribution is 2.25. The van der Waals surface area contributed by atoms with Crippen molar-refractivity contribution in [2.45, 2.75) is 12.5 Å². The summed E-state index contributed by atoms with van der Waals surface area (Å²) in [6.07, 6.45) is -0.452. The first kappa shape index (κ1) is 12.1. The molecule has 15 heavy (non-hydrogen) atoms. The first-order chi connectivity index (χ1) is 6.91. The number of hydrogen-bond acceptors (Lipinski definition) is 2. The number of aliphatic carboxylic acids is 1. The molecular weight excluding hydrogens is 272 g/mol. The van der Waals surface area contributed by atoms with Gasteiger partial charge in [-0.25, -0.2) is 8.78 Å². The normalized spacial score (nSPS) is 12.5. The van der Waals surface area contributed by atoms with Crippen molar-refractivity contribution in [3.8, 4) is 0 Å². The molecule has 0 saturated carbocycles. The summed E-state index contributed by atoms with van der Waals surface area (Å²) in [4.78, 5) is 10.4. The summed E-state index contributed by atoms with van der Waals surface area (Å²) in [7, 11) is 0. The van der Waals surface area contributed by atoms with E-state index in [2.05, 4.69) is 15.9 Å². The first-order valence-corrected chi connectivity index (χ1v) is 4.83. The van der Waals surface area contributed by atoms with Crippen molar-refractivity contribution in [2.24, 2.45) is 5.73 Å². The van der Waals surface area contributed by atoms with Gasteiger partial charge in [0, 0.05) is 11.6 Å². The average molecular weight is 280 g/mol. The smallest absolute Gasteiger partial charge is 0.305 e. The van der Waals surface area contributed by atoms with E-state index in [0.717, 1.165) is 12.1 Å². The third-order valence-electron chi connectivity index (χ3n) is 1.82. The van der Waals surface area contributed by atoms with E-state index in [1.54, 1.807) is 0 Å². The maximum atomic E-state index is 13.4. The molecule has 0 bridgehead atoms. The fourth-order valence-electron chi connectivity index (χ4n) is 1.14. The van der Waals surface area contributed by atoms with Gasteiger partial charge in [0.1, 0.15) is 11.6 Å². The van der Waals surface area contributed by atoms with E-state index in [0.29, 0.717) is 0 Å². The van der Waals surface area contributed by atoms with Gasteiger partial charge >= 0.3 is 5.97 Å². The molecule has 3 N–H and O–H groups in total. The largest absolute Gasteiger partial charge is 0.481 e. The Balaban J connectivity index is 3.07. The summed E-state index contributed by atoms with van der Waals surface area (Å²) >= 11 is 2.81. The van der Waals surface area contributed by atoms with Crippen LogP contribution in [0.1, 0.15) is 18.0 Å². The second-order valence-electron chi connectivity index (χ2n) is 3.00. The zero-order chi connectivity index (χ0) is 11.6. The molecule has 0 aromatic heterocycles. The van der Waals surface area contributed by atoms with Crippen molar-refractivity contribution in [1.29, 1.82) is 0 Å². The molecule has 1 aromatic rings. The summed E-state index contributed by atoms with van der Waals surface area (Å²) in [5, 5.41) is 8.47. The number of rotatable bonds is 3. The summed E-state index contributed by atoms with van der Waals surface area (Å²) in [6, 6.07) is 0.787. The van der Waals surface area contributed by atoms with Crippen LogP contribution in [-0.2, 0) is 4.79 Å². The Morgan fingerprint density at radius 2 is 2.13 bits per heavy atom. The highest BCUT2D eigenvalue weighted by molar-refractivity contribution is 9.10. The number of carboxylic acid groups (broad SMARTS) is 1. The highest BCUT2D eigenvalue weighted by atomic mass is 79.9. The molecule has 0 amide bonds. The molecule has 0 aliphatic rings. The van der Waals surface area contributed by atoms with Gasteiger partial charge in [0.05, 0.1) is 10.9 Å². The van der Waals surface area contributed by atoms with Gasteiger partial charge in [-0.3, -0.25) is 4.79 Å². The fourth-order valence-corrected chi connectivity index (χ4v) is 1.59. The predicted molar refractivity (Wildman–Crippen MR) is 53.2 cm³/mol. The Morgan fingerprint density at radius 3 is 2.67 bits per heavy atom. The molecule has 1 aromatic carbocycles. The van der Waals surface area contributed by atoms with Crippen LogP contribution in [-0.4, -0.2) is 11.1 Å². The lowest BCUT2D eigenvalue weighted by Gasteiger charge is -2.11. The zero-order valence-corrected chi connectivity index (χ0v) is 9.09. The standard InChI is InChI=1S/C9H8BrF2NO2/c10-6-2-4(11)1-5(9(6)12)7(13)3-8(14)15/h1-2,7H,3,13H2,(H,14,15). The predicted octanol–water partition coefficient (Wildman–Crippen LogP) is 2.20. The van der Waals surface area contributed by atoms with E-state index in [-0.39, 0.29) is 10.0 Å². The van der Waals surface area contributed by atoms with Crippen molar-refractivity contribution < 1.29 is 18.7 Å². The molecule has 0 fully saturated rings. The van der Waals surface area contributed by atoms with Crippen LogP contribution in [0.3, 0.4) is 0 Å². The molecule has 3 nitrogen and oxygen atoms in total. The average Bonchev–Trinajstić information content (AvgIpc) is 2.09. The van der Waals surface area contributed by atoms with Gasteiger partial charge < -0.3 is 10.8 Å². The van der Waals surface area contributed by atoms with Crippen LogP contribution in [0.2, 0.25) is 0 Å². The fraction of sp³-hybridized carbons (Fsp3) is 0.222. The topological polar surface area (TPSA) is 63.3 Å². The van der Waals surface area contributed by atoms with Gasteiger partial charge in [-0.2, -0.15) is 0 Å². The van der Waals surface area contributed by atoms with Crippen molar-refractivity contribution >= 4 is 21.9 Å².